The number of amides is 2. The zero-order valence-corrected chi connectivity index (χ0v) is 17.6. The number of benzene rings is 3. The van der Waals surface area contributed by atoms with Crippen molar-refractivity contribution in [2.75, 3.05) is 23.9 Å². The SMILES string of the molecule is COc1cc(NC(=O)CC(c2ccccc2)c2ccccc2)ccc1N1CCCC1=O. The maximum atomic E-state index is 12.9. The quantitative estimate of drug-likeness (QED) is 0.593. The first-order valence-corrected chi connectivity index (χ1v) is 10.5. The van der Waals surface area contributed by atoms with E-state index in [1.54, 1.807) is 18.1 Å². The predicted molar refractivity (Wildman–Crippen MR) is 123 cm³/mol. The van der Waals surface area contributed by atoms with Gasteiger partial charge in [0, 0.05) is 37.1 Å². The number of carbonyl (C=O) groups is 2. The van der Waals surface area contributed by atoms with Crippen molar-refractivity contribution in [2.45, 2.75) is 25.2 Å². The van der Waals surface area contributed by atoms with Gasteiger partial charge in [-0.25, -0.2) is 0 Å². The minimum atomic E-state index is -0.0789. The summed E-state index contributed by atoms with van der Waals surface area (Å²) < 4.78 is 5.50. The van der Waals surface area contributed by atoms with Crippen LogP contribution in [0, 0.1) is 0 Å². The van der Waals surface area contributed by atoms with Crippen molar-refractivity contribution in [1.82, 2.24) is 0 Å². The molecule has 1 aliphatic rings. The summed E-state index contributed by atoms with van der Waals surface area (Å²) >= 11 is 0. The molecule has 0 saturated carbocycles. The van der Waals surface area contributed by atoms with Gasteiger partial charge in [0.2, 0.25) is 11.8 Å². The molecule has 1 fully saturated rings. The molecule has 0 spiro atoms. The molecule has 0 aromatic heterocycles. The van der Waals surface area contributed by atoms with Gasteiger partial charge in [-0.3, -0.25) is 9.59 Å². The molecule has 1 saturated heterocycles. The zero-order valence-electron chi connectivity index (χ0n) is 17.6. The van der Waals surface area contributed by atoms with Crippen LogP contribution in [0.4, 0.5) is 11.4 Å². The predicted octanol–water partition coefficient (Wildman–Crippen LogP) is 4.98. The number of hydrogen-bond acceptors (Lipinski definition) is 3. The van der Waals surface area contributed by atoms with E-state index in [1.165, 1.54) is 0 Å². The van der Waals surface area contributed by atoms with Crippen molar-refractivity contribution < 1.29 is 14.3 Å². The third kappa shape index (κ3) is 4.77. The molecule has 1 heterocycles. The van der Waals surface area contributed by atoms with Crippen LogP contribution < -0.4 is 15.0 Å². The Morgan fingerprint density at radius 3 is 2.19 bits per heavy atom. The lowest BCUT2D eigenvalue weighted by Gasteiger charge is -2.20. The summed E-state index contributed by atoms with van der Waals surface area (Å²) in [5.74, 6) is 0.565. The van der Waals surface area contributed by atoms with Gasteiger partial charge >= 0.3 is 0 Å². The van der Waals surface area contributed by atoms with Gasteiger partial charge in [-0.05, 0) is 29.7 Å². The van der Waals surface area contributed by atoms with Gasteiger partial charge in [0.15, 0.2) is 0 Å². The first kappa shape index (κ1) is 20.7. The smallest absolute Gasteiger partial charge is 0.227 e. The fourth-order valence-corrected chi connectivity index (χ4v) is 4.08. The summed E-state index contributed by atoms with van der Waals surface area (Å²) in [6.07, 6.45) is 1.73. The summed E-state index contributed by atoms with van der Waals surface area (Å²) in [7, 11) is 1.58. The molecule has 3 aromatic carbocycles. The van der Waals surface area contributed by atoms with Gasteiger partial charge in [0.25, 0.3) is 0 Å². The van der Waals surface area contributed by atoms with E-state index in [9.17, 15) is 9.59 Å². The summed E-state index contributed by atoms with van der Waals surface area (Å²) in [6.45, 7) is 0.691. The molecule has 0 atom stereocenters. The molecule has 2 amide bonds. The fourth-order valence-electron chi connectivity index (χ4n) is 4.08. The summed E-state index contributed by atoms with van der Waals surface area (Å²) in [5.41, 5.74) is 3.60. The van der Waals surface area contributed by atoms with E-state index in [4.69, 9.17) is 4.74 Å². The molecule has 158 valence electrons. The number of anilines is 2. The lowest BCUT2D eigenvalue weighted by atomic mass is 9.88. The Bertz CT molecular complexity index is 1010. The highest BCUT2D eigenvalue weighted by Gasteiger charge is 2.25. The minimum absolute atomic E-state index is 0.0363. The topological polar surface area (TPSA) is 58.6 Å². The first-order chi connectivity index (χ1) is 15.2. The van der Waals surface area contributed by atoms with Gasteiger partial charge in [-0.2, -0.15) is 0 Å². The van der Waals surface area contributed by atoms with Crippen LogP contribution in [0.25, 0.3) is 0 Å². The molecule has 5 nitrogen and oxygen atoms in total. The number of carbonyl (C=O) groups excluding carboxylic acids is 2. The molecule has 4 rings (SSSR count). The van der Waals surface area contributed by atoms with E-state index in [2.05, 4.69) is 29.6 Å². The zero-order chi connectivity index (χ0) is 21.6. The number of hydrogen-bond donors (Lipinski definition) is 1. The lowest BCUT2D eigenvalue weighted by molar-refractivity contribution is -0.117. The van der Waals surface area contributed by atoms with Crippen molar-refractivity contribution in [1.29, 1.82) is 0 Å². The maximum Gasteiger partial charge on any atom is 0.227 e. The van der Waals surface area contributed by atoms with Crippen LogP contribution >= 0.6 is 0 Å². The molecule has 0 unspecified atom stereocenters. The maximum absolute atomic E-state index is 12.9. The van der Waals surface area contributed by atoms with Crippen LogP contribution in [0.15, 0.2) is 78.9 Å². The van der Waals surface area contributed by atoms with Crippen LogP contribution in [0.2, 0.25) is 0 Å². The Balaban J connectivity index is 1.52. The van der Waals surface area contributed by atoms with Gasteiger partial charge in [0.05, 0.1) is 12.8 Å². The molecule has 3 aromatic rings. The molecular weight excluding hydrogens is 388 g/mol. The average Bonchev–Trinajstić information content (AvgIpc) is 3.24. The molecule has 5 heteroatoms. The first-order valence-electron chi connectivity index (χ1n) is 10.5. The largest absolute Gasteiger partial charge is 0.494 e. The standard InChI is InChI=1S/C26H26N2O3/c1-31-24-17-21(14-15-23(24)28-16-8-13-26(28)30)27-25(29)18-22(19-9-4-2-5-10-19)20-11-6-3-7-12-20/h2-7,9-12,14-15,17,22H,8,13,16,18H2,1H3,(H,27,29). The highest BCUT2D eigenvalue weighted by Crippen LogP contribution is 2.34. The summed E-state index contributed by atoms with van der Waals surface area (Å²) in [6, 6.07) is 25.6. The van der Waals surface area contributed by atoms with Gasteiger partial charge < -0.3 is 15.0 Å². The van der Waals surface area contributed by atoms with E-state index in [1.807, 2.05) is 48.5 Å². The molecule has 31 heavy (non-hydrogen) atoms. The number of ether oxygens (including phenoxy) is 1. The normalized spacial score (nSPS) is 13.5. The molecule has 1 aliphatic heterocycles. The van der Waals surface area contributed by atoms with Crippen LogP contribution in [0.5, 0.6) is 5.75 Å². The second-order valence-corrected chi connectivity index (χ2v) is 7.66. The van der Waals surface area contributed by atoms with E-state index in [0.717, 1.165) is 23.2 Å². The third-order valence-corrected chi connectivity index (χ3v) is 5.62. The highest BCUT2D eigenvalue weighted by atomic mass is 16.5. The molecule has 0 bridgehead atoms. The van der Waals surface area contributed by atoms with Crippen molar-refractivity contribution in [3.63, 3.8) is 0 Å². The minimum Gasteiger partial charge on any atom is -0.494 e. The van der Waals surface area contributed by atoms with Crippen molar-refractivity contribution in [2.24, 2.45) is 0 Å². The van der Waals surface area contributed by atoms with Gasteiger partial charge in [0.1, 0.15) is 5.75 Å². The molecule has 0 radical (unpaired) electrons. The van der Waals surface area contributed by atoms with Crippen molar-refractivity contribution in [3.05, 3.63) is 90.0 Å². The lowest BCUT2D eigenvalue weighted by Crippen LogP contribution is -2.24. The van der Waals surface area contributed by atoms with Gasteiger partial charge in [-0.15, -0.1) is 0 Å². The number of rotatable bonds is 7. The van der Waals surface area contributed by atoms with Crippen molar-refractivity contribution >= 4 is 23.2 Å². The van der Waals surface area contributed by atoms with E-state index in [0.29, 0.717) is 30.8 Å². The van der Waals surface area contributed by atoms with E-state index >= 15 is 0 Å². The number of methoxy groups -OCH3 is 1. The fraction of sp³-hybridized carbons (Fsp3) is 0.231. The summed E-state index contributed by atoms with van der Waals surface area (Å²) in [5, 5.41) is 2.99. The molecule has 0 aliphatic carbocycles. The van der Waals surface area contributed by atoms with Crippen LogP contribution in [0.3, 0.4) is 0 Å². The van der Waals surface area contributed by atoms with Gasteiger partial charge in [-0.1, -0.05) is 60.7 Å². The van der Waals surface area contributed by atoms with Crippen LogP contribution in [-0.4, -0.2) is 25.5 Å². The van der Waals surface area contributed by atoms with E-state index in [-0.39, 0.29) is 17.7 Å². The van der Waals surface area contributed by atoms with Crippen molar-refractivity contribution in [3.8, 4) is 5.75 Å². The van der Waals surface area contributed by atoms with Crippen LogP contribution in [-0.2, 0) is 9.59 Å². The molecular formula is C26H26N2O3. The van der Waals surface area contributed by atoms with Crippen LogP contribution in [0.1, 0.15) is 36.3 Å². The Hall–Kier alpha value is -3.60. The Kier molecular flexibility index (Phi) is 6.32. The van der Waals surface area contributed by atoms with E-state index < -0.39 is 0 Å². The Labute approximate surface area is 182 Å². The third-order valence-electron chi connectivity index (χ3n) is 5.62. The summed E-state index contributed by atoms with van der Waals surface area (Å²) in [4.78, 5) is 26.8. The second-order valence-electron chi connectivity index (χ2n) is 7.66. The number of nitrogens with zero attached hydrogens (tertiary/aromatic N) is 1. The highest BCUT2D eigenvalue weighted by molar-refractivity contribution is 5.98. The Morgan fingerprint density at radius 2 is 1.65 bits per heavy atom. The Morgan fingerprint density at radius 1 is 1.00 bits per heavy atom. The monoisotopic (exact) mass is 414 g/mol. The average molecular weight is 415 g/mol. The second kappa shape index (κ2) is 9.47. The molecule has 1 N–H and O–H groups in total. The number of nitrogens with one attached hydrogen (secondary N) is 1.